The number of hydrogen-bond donors (Lipinski definition) is 0. The zero-order valence-corrected chi connectivity index (χ0v) is 13.2. The first kappa shape index (κ1) is 13.3. The molecule has 0 aromatic heterocycles. The van der Waals surface area contributed by atoms with Crippen molar-refractivity contribution in [3.05, 3.63) is 23.8 Å². The van der Waals surface area contributed by atoms with Gasteiger partial charge in [0.15, 0.2) is 0 Å². The van der Waals surface area contributed by atoms with E-state index in [4.69, 9.17) is 9.47 Å². The Kier molecular flexibility index (Phi) is 3.75. The van der Waals surface area contributed by atoms with Gasteiger partial charge in [0, 0.05) is 10.4 Å². The van der Waals surface area contributed by atoms with Crippen molar-refractivity contribution in [3.8, 4) is 11.5 Å². The standard InChI is InChI=1S/C16H21BrO2/c1-18-12-5-6-15(19-2)14(9-12)16(17)13-8-10-3-4-11(13)7-10/h5-6,9-11,13,16H,3-4,7-8H2,1-2H3. The second kappa shape index (κ2) is 5.35. The van der Waals surface area contributed by atoms with Crippen LogP contribution < -0.4 is 9.47 Å². The molecule has 3 rings (SSSR count). The lowest BCUT2D eigenvalue weighted by Crippen LogP contribution is -2.16. The van der Waals surface area contributed by atoms with Gasteiger partial charge in [-0.2, -0.15) is 0 Å². The Labute approximate surface area is 123 Å². The van der Waals surface area contributed by atoms with Crippen molar-refractivity contribution in [2.45, 2.75) is 30.5 Å². The predicted octanol–water partition coefficient (Wildman–Crippen LogP) is 4.58. The van der Waals surface area contributed by atoms with Gasteiger partial charge in [0.25, 0.3) is 0 Å². The molecule has 0 radical (unpaired) electrons. The van der Waals surface area contributed by atoms with Crippen LogP contribution in [0.1, 0.15) is 36.1 Å². The maximum atomic E-state index is 5.52. The highest BCUT2D eigenvalue weighted by Crippen LogP contribution is 2.56. The summed E-state index contributed by atoms with van der Waals surface area (Å²) in [6.07, 6.45) is 5.64. The highest BCUT2D eigenvalue weighted by atomic mass is 79.9. The molecule has 4 unspecified atom stereocenters. The molecule has 1 aromatic rings. The van der Waals surface area contributed by atoms with Crippen molar-refractivity contribution in [2.24, 2.45) is 17.8 Å². The summed E-state index contributed by atoms with van der Waals surface area (Å²) in [5, 5.41) is 0. The highest BCUT2D eigenvalue weighted by molar-refractivity contribution is 9.09. The molecule has 4 atom stereocenters. The number of ether oxygens (including phenoxy) is 2. The Morgan fingerprint density at radius 2 is 2.00 bits per heavy atom. The molecular weight excluding hydrogens is 304 g/mol. The number of rotatable bonds is 4. The normalized spacial score (nSPS) is 30.4. The molecule has 3 heteroatoms. The third-order valence-electron chi connectivity index (χ3n) is 4.90. The summed E-state index contributed by atoms with van der Waals surface area (Å²) in [6, 6.07) is 6.09. The first-order chi connectivity index (χ1) is 9.22. The molecule has 2 fully saturated rings. The third kappa shape index (κ3) is 2.37. The van der Waals surface area contributed by atoms with E-state index in [0.29, 0.717) is 4.83 Å². The Balaban J connectivity index is 1.87. The lowest BCUT2D eigenvalue weighted by Gasteiger charge is -2.28. The van der Waals surface area contributed by atoms with E-state index in [-0.39, 0.29) is 0 Å². The maximum absolute atomic E-state index is 5.52. The molecule has 0 aliphatic heterocycles. The fourth-order valence-electron chi connectivity index (χ4n) is 3.94. The summed E-state index contributed by atoms with van der Waals surface area (Å²) in [7, 11) is 3.46. The fourth-order valence-corrected chi connectivity index (χ4v) is 4.94. The minimum absolute atomic E-state index is 0.382. The van der Waals surface area contributed by atoms with Gasteiger partial charge in [0.05, 0.1) is 14.2 Å². The lowest BCUT2D eigenvalue weighted by molar-refractivity contribution is 0.322. The molecule has 2 aliphatic carbocycles. The highest BCUT2D eigenvalue weighted by Gasteiger charge is 2.43. The van der Waals surface area contributed by atoms with Crippen molar-refractivity contribution in [1.29, 1.82) is 0 Å². The van der Waals surface area contributed by atoms with Crippen molar-refractivity contribution >= 4 is 15.9 Å². The van der Waals surface area contributed by atoms with Crippen LogP contribution in [0.4, 0.5) is 0 Å². The summed E-state index contributed by atoms with van der Waals surface area (Å²) >= 11 is 3.93. The van der Waals surface area contributed by atoms with Crippen LogP contribution in [0, 0.1) is 17.8 Å². The molecule has 1 aromatic carbocycles. The van der Waals surface area contributed by atoms with Crippen molar-refractivity contribution in [3.63, 3.8) is 0 Å². The number of alkyl halides is 1. The minimum Gasteiger partial charge on any atom is -0.497 e. The zero-order valence-electron chi connectivity index (χ0n) is 11.6. The second-order valence-electron chi connectivity index (χ2n) is 5.85. The first-order valence-electron chi connectivity index (χ1n) is 7.09. The summed E-state index contributed by atoms with van der Waals surface area (Å²) < 4.78 is 10.9. The van der Waals surface area contributed by atoms with Crippen LogP contribution in [0.25, 0.3) is 0 Å². The SMILES string of the molecule is COc1ccc(OC)c(C(Br)C2CC3CCC2C3)c1. The largest absolute Gasteiger partial charge is 0.497 e. The van der Waals surface area contributed by atoms with E-state index in [0.717, 1.165) is 29.3 Å². The molecule has 2 aliphatic rings. The lowest BCUT2D eigenvalue weighted by atomic mass is 9.84. The summed E-state index contributed by atoms with van der Waals surface area (Å²) in [6.45, 7) is 0. The van der Waals surface area contributed by atoms with Crippen LogP contribution in [0.3, 0.4) is 0 Å². The van der Waals surface area contributed by atoms with E-state index < -0.39 is 0 Å². The summed E-state index contributed by atoms with van der Waals surface area (Å²) in [4.78, 5) is 0.382. The summed E-state index contributed by atoms with van der Waals surface area (Å²) in [5.74, 6) is 4.48. The number of fused-ring (bicyclic) bond motifs is 2. The number of benzene rings is 1. The molecule has 104 valence electrons. The summed E-state index contributed by atoms with van der Waals surface area (Å²) in [5.41, 5.74) is 1.24. The molecule has 2 saturated carbocycles. The molecule has 2 bridgehead atoms. The third-order valence-corrected chi connectivity index (χ3v) is 6.07. The molecule has 0 heterocycles. The first-order valence-corrected chi connectivity index (χ1v) is 8.00. The van der Waals surface area contributed by atoms with E-state index in [1.54, 1.807) is 14.2 Å². The van der Waals surface area contributed by atoms with Gasteiger partial charge in [-0.15, -0.1) is 0 Å². The van der Waals surface area contributed by atoms with Crippen LogP contribution >= 0.6 is 15.9 Å². The van der Waals surface area contributed by atoms with Crippen molar-refractivity contribution in [2.75, 3.05) is 14.2 Å². The Morgan fingerprint density at radius 3 is 2.58 bits per heavy atom. The molecule has 0 saturated heterocycles. The Morgan fingerprint density at radius 1 is 1.16 bits per heavy atom. The van der Waals surface area contributed by atoms with Gasteiger partial charge in [0.2, 0.25) is 0 Å². The molecule has 19 heavy (non-hydrogen) atoms. The topological polar surface area (TPSA) is 18.5 Å². The monoisotopic (exact) mass is 324 g/mol. The molecule has 2 nitrogen and oxygen atoms in total. The molecule has 0 amide bonds. The Bertz CT molecular complexity index is 460. The van der Waals surface area contributed by atoms with Gasteiger partial charge in [-0.1, -0.05) is 22.4 Å². The van der Waals surface area contributed by atoms with Gasteiger partial charge in [-0.3, -0.25) is 0 Å². The second-order valence-corrected chi connectivity index (χ2v) is 6.83. The molecular formula is C16H21BrO2. The molecule has 0 spiro atoms. The number of halogens is 1. The van der Waals surface area contributed by atoms with Crippen LogP contribution in [0.5, 0.6) is 11.5 Å². The van der Waals surface area contributed by atoms with Gasteiger partial charge < -0.3 is 9.47 Å². The average Bonchev–Trinajstić information content (AvgIpc) is 3.08. The number of hydrogen-bond acceptors (Lipinski definition) is 2. The van der Waals surface area contributed by atoms with Gasteiger partial charge in [-0.25, -0.2) is 0 Å². The van der Waals surface area contributed by atoms with Gasteiger partial charge in [0.1, 0.15) is 11.5 Å². The number of methoxy groups -OCH3 is 2. The van der Waals surface area contributed by atoms with E-state index in [2.05, 4.69) is 22.0 Å². The van der Waals surface area contributed by atoms with E-state index in [1.165, 1.54) is 31.2 Å². The smallest absolute Gasteiger partial charge is 0.123 e. The zero-order chi connectivity index (χ0) is 13.4. The van der Waals surface area contributed by atoms with Crippen molar-refractivity contribution in [1.82, 2.24) is 0 Å². The van der Waals surface area contributed by atoms with Crippen molar-refractivity contribution < 1.29 is 9.47 Å². The fraction of sp³-hybridized carbons (Fsp3) is 0.625. The Hall–Kier alpha value is -0.700. The van der Waals surface area contributed by atoms with Gasteiger partial charge >= 0.3 is 0 Å². The van der Waals surface area contributed by atoms with E-state index >= 15 is 0 Å². The molecule has 0 N–H and O–H groups in total. The van der Waals surface area contributed by atoms with Gasteiger partial charge in [-0.05, 0) is 55.2 Å². The van der Waals surface area contributed by atoms with E-state index in [1.807, 2.05) is 12.1 Å². The maximum Gasteiger partial charge on any atom is 0.123 e. The quantitative estimate of drug-likeness (QED) is 0.755. The van der Waals surface area contributed by atoms with E-state index in [9.17, 15) is 0 Å². The van der Waals surface area contributed by atoms with Crippen LogP contribution in [-0.4, -0.2) is 14.2 Å². The van der Waals surface area contributed by atoms with Crippen LogP contribution in [0.2, 0.25) is 0 Å². The average molecular weight is 325 g/mol. The van der Waals surface area contributed by atoms with Crippen LogP contribution in [-0.2, 0) is 0 Å². The predicted molar refractivity (Wildman–Crippen MR) is 80.2 cm³/mol. The minimum atomic E-state index is 0.382. The van der Waals surface area contributed by atoms with Crippen LogP contribution in [0.15, 0.2) is 18.2 Å².